The second kappa shape index (κ2) is 7.01. The molecule has 0 fully saturated rings. The lowest BCUT2D eigenvalue weighted by Crippen LogP contribution is -2.34. The minimum atomic E-state index is -5.08. The van der Waals surface area contributed by atoms with Crippen LogP contribution in [0.3, 0.4) is 0 Å². The first-order chi connectivity index (χ1) is 6.62. The Kier molecular flexibility index (Phi) is 7.52. The number of alkyl halides is 3. The molecule has 0 spiro atoms. The number of aliphatic carboxylic acids is 2. The van der Waals surface area contributed by atoms with Crippen molar-refractivity contribution in [3.8, 4) is 0 Å². The third-order valence-corrected chi connectivity index (χ3v) is 0.906. The molecular formula is C6H10F3NO5. The van der Waals surface area contributed by atoms with Gasteiger partial charge in [0.15, 0.2) is 0 Å². The van der Waals surface area contributed by atoms with Gasteiger partial charge in [0.25, 0.3) is 0 Å². The van der Waals surface area contributed by atoms with E-state index < -0.39 is 24.2 Å². The van der Waals surface area contributed by atoms with E-state index in [0.717, 1.165) is 0 Å². The van der Waals surface area contributed by atoms with Crippen molar-refractivity contribution in [1.29, 1.82) is 0 Å². The maximum Gasteiger partial charge on any atom is 0.490 e. The first kappa shape index (κ1) is 16.1. The highest BCUT2D eigenvalue weighted by atomic mass is 19.4. The van der Waals surface area contributed by atoms with E-state index in [9.17, 15) is 18.0 Å². The zero-order chi connectivity index (χ0) is 12.6. The lowest BCUT2D eigenvalue weighted by molar-refractivity contribution is -0.192. The molecule has 0 aromatic heterocycles. The molecule has 90 valence electrons. The van der Waals surface area contributed by atoms with E-state index in [-0.39, 0.29) is 6.61 Å². The Balaban J connectivity index is 0. The number of ether oxygens (including phenoxy) is 1. The minimum absolute atomic E-state index is 0.0648. The Labute approximate surface area is 82.4 Å². The predicted molar refractivity (Wildman–Crippen MR) is 41.2 cm³/mol. The molecular weight excluding hydrogens is 223 g/mol. The molecule has 0 heterocycles. The third-order valence-electron chi connectivity index (χ3n) is 0.906. The maximum absolute atomic E-state index is 10.6. The summed E-state index contributed by atoms with van der Waals surface area (Å²) in [6.07, 6.45) is -5.08. The van der Waals surface area contributed by atoms with Gasteiger partial charge in [-0.15, -0.1) is 0 Å². The molecule has 0 saturated heterocycles. The average molecular weight is 233 g/mol. The summed E-state index contributed by atoms with van der Waals surface area (Å²) in [5.74, 6) is -3.79. The molecule has 0 saturated carbocycles. The number of halogens is 3. The Morgan fingerprint density at radius 2 is 1.73 bits per heavy atom. The van der Waals surface area contributed by atoms with Crippen molar-refractivity contribution < 1.29 is 37.7 Å². The van der Waals surface area contributed by atoms with Gasteiger partial charge in [-0.2, -0.15) is 13.2 Å². The van der Waals surface area contributed by atoms with Crippen LogP contribution in [0.1, 0.15) is 0 Å². The number of nitrogens with two attached hydrogens (primary N) is 1. The van der Waals surface area contributed by atoms with Crippen LogP contribution in [0.25, 0.3) is 0 Å². The van der Waals surface area contributed by atoms with Gasteiger partial charge in [-0.25, -0.2) is 4.79 Å². The van der Waals surface area contributed by atoms with Gasteiger partial charge >= 0.3 is 18.1 Å². The van der Waals surface area contributed by atoms with E-state index in [0.29, 0.717) is 0 Å². The number of methoxy groups -OCH3 is 1. The summed E-state index contributed by atoms with van der Waals surface area (Å²) in [5, 5.41) is 15.2. The molecule has 0 aromatic rings. The van der Waals surface area contributed by atoms with Crippen molar-refractivity contribution in [2.24, 2.45) is 5.73 Å². The van der Waals surface area contributed by atoms with Crippen LogP contribution < -0.4 is 5.73 Å². The second-order valence-corrected chi connectivity index (χ2v) is 2.20. The van der Waals surface area contributed by atoms with E-state index in [4.69, 9.17) is 20.7 Å². The SMILES string of the molecule is COC[C@@H](N)C(=O)O.O=C(O)C(F)(F)F. The molecule has 0 aliphatic heterocycles. The van der Waals surface area contributed by atoms with E-state index in [1.807, 2.05) is 0 Å². The van der Waals surface area contributed by atoms with Gasteiger partial charge in [-0.05, 0) is 0 Å². The van der Waals surface area contributed by atoms with Crippen LogP contribution in [0, 0.1) is 0 Å². The summed E-state index contributed by atoms with van der Waals surface area (Å²) in [6.45, 7) is 0.0648. The number of carboxylic acids is 2. The van der Waals surface area contributed by atoms with Crippen molar-refractivity contribution in [2.75, 3.05) is 13.7 Å². The van der Waals surface area contributed by atoms with Gasteiger partial charge in [0.2, 0.25) is 0 Å². The lowest BCUT2D eigenvalue weighted by atomic mass is 10.3. The van der Waals surface area contributed by atoms with Crippen molar-refractivity contribution in [3.63, 3.8) is 0 Å². The van der Waals surface area contributed by atoms with Crippen molar-refractivity contribution in [2.45, 2.75) is 12.2 Å². The fourth-order valence-corrected chi connectivity index (χ4v) is 0.251. The van der Waals surface area contributed by atoms with Crippen LogP contribution >= 0.6 is 0 Å². The second-order valence-electron chi connectivity index (χ2n) is 2.20. The van der Waals surface area contributed by atoms with Crippen LogP contribution in [0.4, 0.5) is 13.2 Å². The number of hydrogen-bond donors (Lipinski definition) is 3. The van der Waals surface area contributed by atoms with Gasteiger partial charge in [-0.1, -0.05) is 0 Å². The molecule has 0 aliphatic rings. The fraction of sp³-hybridized carbons (Fsp3) is 0.667. The molecule has 0 radical (unpaired) electrons. The molecule has 6 nitrogen and oxygen atoms in total. The average Bonchev–Trinajstić information content (AvgIpc) is 2.03. The minimum Gasteiger partial charge on any atom is -0.480 e. The number of hydrogen-bond acceptors (Lipinski definition) is 4. The van der Waals surface area contributed by atoms with Crippen LogP contribution in [0.2, 0.25) is 0 Å². The molecule has 0 amide bonds. The van der Waals surface area contributed by atoms with Crippen LogP contribution in [0.15, 0.2) is 0 Å². The summed E-state index contributed by atoms with van der Waals surface area (Å²) in [7, 11) is 1.41. The smallest absolute Gasteiger partial charge is 0.480 e. The highest BCUT2D eigenvalue weighted by Crippen LogP contribution is 2.13. The molecule has 4 N–H and O–H groups in total. The van der Waals surface area contributed by atoms with E-state index in [1.54, 1.807) is 0 Å². The third kappa shape index (κ3) is 10.6. The van der Waals surface area contributed by atoms with Crippen LogP contribution in [-0.4, -0.2) is 48.1 Å². The maximum atomic E-state index is 10.6. The quantitative estimate of drug-likeness (QED) is 0.616. The van der Waals surface area contributed by atoms with Crippen LogP contribution in [0.5, 0.6) is 0 Å². The molecule has 1 atom stereocenters. The van der Waals surface area contributed by atoms with E-state index in [1.165, 1.54) is 7.11 Å². The van der Waals surface area contributed by atoms with Crippen molar-refractivity contribution >= 4 is 11.9 Å². The van der Waals surface area contributed by atoms with Gasteiger partial charge in [0.1, 0.15) is 6.04 Å². The highest BCUT2D eigenvalue weighted by Gasteiger charge is 2.38. The molecule has 9 heteroatoms. The van der Waals surface area contributed by atoms with Gasteiger partial charge in [0.05, 0.1) is 6.61 Å². The molecule has 0 unspecified atom stereocenters. The van der Waals surface area contributed by atoms with E-state index >= 15 is 0 Å². The fourth-order valence-electron chi connectivity index (χ4n) is 0.251. The van der Waals surface area contributed by atoms with E-state index in [2.05, 4.69) is 4.74 Å². The summed E-state index contributed by atoms with van der Waals surface area (Å²) >= 11 is 0. The first-order valence-electron chi connectivity index (χ1n) is 3.40. The Bertz CT molecular complexity index is 217. The molecule has 15 heavy (non-hydrogen) atoms. The standard InChI is InChI=1S/C4H9NO3.C2HF3O2/c1-8-2-3(5)4(6)7;3-2(4,5)1(6)7/h3H,2,5H2,1H3,(H,6,7);(H,6,7)/t3-;/m1./s1. The summed E-state index contributed by atoms with van der Waals surface area (Å²) in [4.78, 5) is 18.8. The molecule has 0 aliphatic carbocycles. The first-order valence-corrected chi connectivity index (χ1v) is 3.40. The number of carboxylic acid groups (broad SMARTS) is 2. The normalized spacial score (nSPS) is 12.3. The Hall–Kier alpha value is -1.35. The lowest BCUT2D eigenvalue weighted by Gasteiger charge is -2.01. The van der Waals surface area contributed by atoms with Gasteiger partial charge < -0.3 is 20.7 Å². The highest BCUT2D eigenvalue weighted by molar-refractivity contribution is 5.73. The summed E-state index contributed by atoms with van der Waals surface area (Å²) < 4.78 is 36.2. The molecule has 0 aromatic carbocycles. The number of carbonyl (C=O) groups is 2. The topological polar surface area (TPSA) is 110 Å². The summed E-state index contributed by atoms with van der Waals surface area (Å²) in [5.41, 5.74) is 5.00. The van der Waals surface area contributed by atoms with Gasteiger partial charge in [0, 0.05) is 7.11 Å². The predicted octanol–water partition coefficient (Wildman–Crippen LogP) is -0.322. The Morgan fingerprint density at radius 3 is 1.80 bits per heavy atom. The zero-order valence-corrected chi connectivity index (χ0v) is 7.61. The molecule has 0 rings (SSSR count). The van der Waals surface area contributed by atoms with Crippen LogP contribution in [-0.2, 0) is 14.3 Å². The number of rotatable bonds is 3. The summed E-state index contributed by atoms with van der Waals surface area (Å²) in [6, 6.07) is -0.889. The van der Waals surface area contributed by atoms with Crippen molar-refractivity contribution in [1.82, 2.24) is 0 Å². The molecule has 0 bridgehead atoms. The van der Waals surface area contributed by atoms with Gasteiger partial charge in [-0.3, -0.25) is 4.79 Å². The Morgan fingerprint density at radius 1 is 1.40 bits per heavy atom. The largest absolute Gasteiger partial charge is 0.490 e. The zero-order valence-electron chi connectivity index (χ0n) is 7.61. The monoisotopic (exact) mass is 233 g/mol. The van der Waals surface area contributed by atoms with Crippen molar-refractivity contribution in [3.05, 3.63) is 0 Å².